The highest BCUT2D eigenvalue weighted by Gasteiger charge is 2.14. The molecule has 0 fully saturated rings. The van der Waals surface area contributed by atoms with Gasteiger partial charge < -0.3 is 20.4 Å². The molecule has 106 valence electrons. The van der Waals surface area contributed by atoms with Gasteiger partial charge in [0.2, 0.25) is 5.89 Å². The maximum absolute atomic E-state index is 12.1. The number of rotatable bonds is 4. The van der Waals surface area contributed by atoms with E-state index in [1.54, 1.807) is 38.5 Å². The molecule has 0 saturated carbocycles. The van der Waals surface area contributed by atoms with E-state index in [1.165, 1.54) is 4.90 Å². The first-order valence-corrected chi connectivity index (χ1v) is 6.23. The number of carbonyl (C=O) groups is 1. The van der Waals surface area contributed by atoms with Gasteiger partial charge in [0, 0.05) is 25.5 Å². The number of amides is 1. The monoisotopic (exact) mass is 274 g/mol. The number of nitrogens with one attached hydrogen (secondary N) is 1. The highest BCUT2D eigenvalue weighted by molar-refractivity contribution is 5.99. The molecule has 0 unspecified atom stereocenters. The molecule has 20 heavy (non-hydrogen) atoms. The molecular formula is C14H18N4O2. The third kappa shape index (κ3) is 3.09. The van der Waals surface area contributed by atoms with Crippen molar-refractivity contribution in [1.29, 1.82) is 0 Å². The van der Waals surface area contributed by atoms with Crippen molar-refractivity contribution in [3.8, 4) is 0 Å². The molecule has 1 heterocycles. The molecule has 1 aromatic carbocycles. The third-order valence-corrected chi connectivity index (χ3v) is 2.78. The van der Waals surface area contributed by atoms with E-state index in [0.29, 0.717) is 29.4 Å². The number of anilines is 2. The average molecular weight is 274 g/mol. The summed E-state index contributed by atoms with van der Waals surface area (Å²) in [5.41, 5.74) is 7.59. The molecule has 0 radical (unpaired) electrons. The zero-order valence-corrected chi connectivity index (χ0v) is 11.8. The van der Waals surface area contributed by atoms with Gasteiger partial charge in [0.25, 0.3) is 5.91 Å². The van der Waals surface area contributed by atoms with Gasteiger partial charge in [0.1, 0.15) is 5.76 Å². The Morgan fingerprint density at radius 2 is 2.20 bits per heavy atom. The lowest BCUT2D eigenvalue weighted by atomic mass is 10.1. The molecule has 1 aromatic heterocycles. The minimum Gasteiger partial charge on any atom is -0.444 e. The van der Waals surface area contributed by atoms with Crippen LogP contribution in [0.5, 0.6) is 0 Å². The Balaban J connectivity index is 2.21. The lowest BCUT2D eigenvalue weighted by molar-refractivity contribution is 0.0828. The Kier molecular flexibility index (Phi) is 3.93. The predicted molar refractivity (Wildman–Crippen MR) is 77.4 cm³/mol. The molecule has 3 N–H and O–H groups in total. The van der Waals surface area contributed by atoms with Gasteiger partial charge in [-0.05, 0) is 25.1 Å². The van der Waals surface area contributed by atoms with Crippen molar-refractivity contribution in [3.63, 3.8) is 0 Å². The Labute approximate surface area is 117 Å². The van der Waals surface area contributed by atoms with E-state index in [2.05, 4.69) is 10.3 Å². The number of carbonyl (C=O) groups excluding carboxylic acids is 1. The van der Waals surface area contributed by atoms with Crippen molar-refractivity contribution in [2.75, 3.05) is 25.1 Å². The van der Waals surface area contributed by atoms with Crippen LogP contribution in [0.1, 0.15) is 22.0 Å². The predicted octanol–water partition coefficient (Wildman–Crippen LogP) is 1.88. The third-order valence-electron chi connectivity index (χ3n) is 2.78. The number of oxazole rings is 1. The van der Waals surface area contributed by atoms with E-state index in [1.807, 2.05) is 6.92 Å². The van der Waals surface area contributed by atoms with Crippen molar-refractivity contribution in [2.45, 2.75) is 13.5 Å². The molecule has 0 aliphatic heterocycles. The highest BCUT2D eigenvalue weighted by Crippen LogP contribution is 2.21. The first kappa shape index (κ1) is 13.9. The number of nitrogens with two attached hydrogens (primary N) is 1. The molecule has 0 aliphatic rings. The number of benzene rings is 1. The van der Waals surface area contributed by atoms with Gasteiger partial charge in [0.05, 0.1) is 18.3 Å². The van der Waals surface area contributed by atoms with E-state index in [9.17, 15) is 4.79 Å². The maximum atomic E-state index is 12.1. The average Bonchev–Trinajstić information content (AvgIpc) is 2.81. The molecule has 0 bridgehead atoms. The molecular weight excluding hydrogens is 256 g/mol. The van der Waals surface area contributed by atoms with Gasteiger partial charge in [-0.3, -0.25) is 4.79 Å². The minimum absolute atomic E-state index is 0.0870. The van der Waals surface area contributed by atoms with Crippen LogP contribution in [-0.4, -0.2) is 29.9 Å². The SMILES string of the molecule is Cc1cnc(CNc2cc(N)ccc2C(=O)N(C)C)o1. The Morgan fingerprint density at radius 3 is 2.80 bits per heavy atom. The largest absolute Gasteiger partial charge is 0.444 e. The summed E-state index contributed by atoms with van der Waals surface area (Å²) in [4.78, 5) is 17.7. The van der Waals surface area contributed by atoms with E-state index in [4.69, 9.17) is 10.2 Å². The van der Waals surface area contributed by atoms with Crippen molar-refractivity contribution >= 4 is 17.3 Å². The molecule has 0 atom stereocenters. The standard InChI is InChI=1S/C14H18N4O2/c1-9-7-17-13(20-9)8-16-12-6-10(15)4-5-11(12)14(19)18(2)3/h4-7,16H,8,15H2,1-3H3. The van der Waals surface area contributed by atoms with Gasteiger partial charge in [-0.1, -0.05) is 0 Å². The number of aromatic nitrogens is 1. The number of nitrogen functional groups attached to an aromatic ring is 1. The molecule has 0 aliphatic carbocycles. The molecule has 0 spiro atoms. The molecule has 6 heteroatoms. The van der Waals surface area contributed by atoms with Gasteiger partial charge >= 0.3 is 0 Å². The van der Waals surface area contributed by atoms with Crippen molar-refractivity contribution in [2.24, 2.45) is 0 Å². The van der Waals surface area contributed by atoms with Crippen LogP contribution in [0.25, 0.3) is 0 Å². The smallest absolute Gasteiger partial charge is 0.255 e. The number of hydrogen-bond acceptors (Lipinski definition) is 5. The Hall–Kier alpha value is -2.50. The fraction of sp³-hybridized carbons (Fsp3) is 0.286. The second-order valence-corrected chi connectivity index (χ2v) is 4.72. The van der Waals surface area contributed by atoms with Crippen LogP contribution in [0, 0.1) is 6.92 Å². The number of hydrogen-bond donors (Lipinski definition) is 2. The lowest BCUT2D eigenvalue weighted by Crippen LogP contribution is -2.23. The zero-order chi connectivity index (χ0) is 14.7. The number of aryl methyl sites for hydroxylation is 1. The topological polar surface area (TPSA) is 84.4 Å². The molecule has 0 saturated heterocycles. The lowest BCUT2D eigenvalue weighted by Gasteiger charge is -2.15. The van der Waals surface area contributed by atoms with Crippen LogP contribution in [0.4, 0.5) is 11.4 Å². The Morgan fingerprint density at radius 1 is 1.45 bits per heavy atom. The van der Waals surface area contributed by atoms with Crippen LogP contribution in [0.15, 0.2) is 28.8 Å². The van der Waals surface area contributed by atoms with Crippen molar-refractivity contribution in [1.82, 2.24) is 9.88 Å². The first-order valence-electron chi connectivity index (χ1n) is 6.23. The summed E-state index contributed by atoms with van der Waals surface area (Å²) < 4.78 is 5.38. The fourth-order valence-electron chi connectivity index (χ4n) is 1.79. The molecule has 2 rings (SSSR count). The quantitative estimate of drug-likeness (QED) is 0.832. The van der Waals surface area contributed by atoms with Gasteiger partial charge in [-0.15, -0.1) is 0 Å². The molecule has 1 amide bonds. The summed E-state index contributed by atoms with van der Waals surface area (Å²) in [5.74, 6) is 1.23. The van der Waals surface area contributed by atoms with Crippen LogP contribution < -0.4 is 11.1 Å². The van der Waals surface area contributed by atoms with E-state index in [-0.39, 0.29) is 5.91 Å². The van der Waals surface area contributed by atoms with Crippen LogP contribution in [0.2, 0.25) is 0 Å². The minimum atomic E-state index is -0.0870. The van der Waals surface area contributed by atoms with E-state index < -0.39 is 0 Å². The Bertz CT molecular complexity index is 619. The fourth-order valence-corrected chi connectivity index (χ4v) is 1.79. The summed E-state index contributed by atoms with van der Waals surface area (Å²) in [6.07, 6.45) is 1.66. The van der Waals surface area contributed by atoms with Crippen molar-refractivity contribution < 1.29 is 9.21 Å². The van der Waals surface area contributed by atoms with Crippen LogP contribution in [0.3, 0.4) is 0 Å². The summed E-state index contributed by atoms with van der Waals surface area (Å²) in [6.45, 7) is 2.23. The van der Waals surface area contributed by atoms with E-state index in [0.717, 1.165) is 5.76 Å². The maximum Gasteiger partial charge on any atom is 0.255 e. The summed E-state index contributed by atoms with van der Waals surface area (Å²) in [5, 5.41) is 3.14. The second kappa shape index (κ2) is 5.64. The second-order valence-electron chi connectivity index (χ2n) is 4.72. The first-order chi connectivity index (χ1) is 9.47. The van der Waals surface area contributed by atoms with Gasteiger partial charge in [0.15, 0.2) is 0 Å². The van der Waals surface area contributed by atoms with Crippen molar-refractivity contribution in [3.05, 3.63) is 41.6 Å². The summed E-state index contributed by atoms with van der Waals surface area (Å²) in [7, 11) is 3.42. The normalized spacial score (nSPS) is 10.3. The van der Waals surface area contributed by atoms with Gasteiger partial charge in [-0.2, -0.15) is 0 Å². The van der Waals surface area contributed by atoms with Crippen LogP contribution in [-0.2, 0) is 6.54 Å². The molecule has 6 nitrogen and oxygen atoms in total. The number of nitrogens with zero attached hydrogens (tertiary/aromatic N) is 2. The highest BCUT2D eigenvalue weighted by atomic mass is 16.4. The summed E-state index contributed by atoms with van der Waals surface area (Å²) in [6, 6.07) is 5.14. The van der Waals surface area contributed by atoms with Crippen LogP contribution >= 0.6 is 0 Å². The van der Waals surface area contributed by atoms with E-state index >= 15 is 0 Å². The summed E-state index contributed by atoms with van der Waals surface area (Å²) >= 11 is 0. The molecule has 2 aromatic rings. The van der Waals surface area contributed by atoms with Gasteiger partial charge in [-0.25, -0.2) is 4.98 Å². The zero-order valence-electron chi connectivity index (χ0n) is 11.8.